The van der Waals surface area contributed by atoms with Gasteiger partial charge >= 0.3 is 0 Å². The van der Waals surface area contributed by atoms with Gasteiger partial charge in [-0.25, -0.2) is 0 Å². The first-order chi connectivity index (χ1) is 23.6. The van der Waals surface area contributed by atoms with Gasteiger partial charge in [-0.05, 0) is 84.1 Å². The number of carbonyl (C=O) groups is 1. The second kappa shape index (κ2) is 14.8. The number of halogens is 1. The van der Waals surface area contributed by atoms with Crippen molar-refractivity contribution < 1.29 is 9.53 Å². The van der Waals surface area contributed by atoms with Crippen molar-refractivity contribution in [1.82, 2.24) is 15.2 Å². The van der Waals surface area contributed by atoms with Gasteiger partial charge in [-0.15, -0.1) is 0 Å². The van der Waals surface area contributed by atoms with E-state index < -0.39 is 0 Å². The van der Waals surface area contributed by atoms with E-state index in [1.54, 1.807) is 6.20 Å². The van der Waals surface area contributed by atoms with E-state index in [9.17, 15) is 4.79 Å². The standard InChI is InChI=1S/C42H38ClN3O2/c43-38-26-36(41(40-37(38)17-10-22-44-40)48-29-30-11-3-1-4-12-30)27-39(35-16-9-13-31(25-35)28-46-23-7-8-24-46)45-42(47)34-20-18-33(19-21-34)32-14-5-2-6-15-32/h1-6,9-22,25-26,39H,7-8,23-24,27-29H2,(H,45,47). The number of rotatable bonds is 11. The van der Waals surface area contributed by atoms with Crippen molar-refractivity contribution in [2.45, 2.75) is 38.5 Å². The Balaban J connectivity index is 1.23. The van der Waals surface area contributed by atoms with Crippen LogP contribution in [0, 0.1) is 0 Å². The van der Waals surface area contributed by atoms with Gasteiger partial charge in [-0.1, -0.05) is 109 Å². The minimum Gasteiger partial charge on any atom is -0.486 e. The lowest BCUT2D eigenvalue weighted by Gasteiger charge is -2.23. The molecule has 0 saturated carbocycles. The predicted molar refractivity (Wildman–Crippen MR) is 194 cm³/mol. The SMILES string of the molecule is O=C(NC(Cc1cc(Cl)c2cccnc2c1OCc1ccccc1)c1cccc(CN2CCCC2)c1)c1ccc(-c2ccccc2)cc1. The molecule has 0 aliphatic carbocycles. The molecule has 2 heterocycles. The van der Waals surface area contributed by atoms with Crippen molar-refractivity contribution in [3.05, 3.63) is 166 Å². The minimum absolute atomic E-state index is 0.138. The zero-order valence-electron chi connectivity index (χ0n) is 26.8. The molecule has 5 nitrogen and oxygen atoms in total. The first-order valence-electron chi connectivity index (χ1n) is 16.6. The topological polar surface area (TPSA) is 54.5 Å². The monoisotopic (exact) mass is 651 g/mol. The molecule has 0 bridgehead atoms. The van der Waals surface area contributed by atoms with Gasteiger partial charge in [0.05, 0.1) is 11.1 Å². The van der Waals surface area contributed by atoms with E-state index in [4.69, 9.17) is 21.3 Å². The summed E-state index contributed by atoms with van der Waals surface area (Å²) in [4.78, 5) is 21.1. The molecule has 6 aromatic rings. The number of amides is 1. The van der Waals surface area contributed by atoms with Crippen LogP contribution in [-0.4, -0.2) is 28.9 Å². The number of nitrogens with one attached hydrogen (secondary N) is 1. The summed E-state index contributed by atoms with van der Waals surface area (Å²) in [5.74, 6) is 0.542. The van der Waals surface area contributed by atoms with Gasteiger partial charge in [0.1, 0.15) is 17.9 Å². The fourth-order valence-corrected chi connectivity index (χ4v) is 6.82. The Morgan fingerprint density at radius 3 is 2.27 bits per heavy atom. The lowest BCUT2D eigenvalue weighted by atomic mass is 9.95. The van der Waals surface area contributed by atoms with Crippen LogP contribution in [0.25, 0.3) is 22.0 Å². The summed E-state index contributed by atoms with van der Waals surface area (Å²) in [5, 5.41) is 4.81. The number of carbonyl (C=O) groups excluding carboxylic acids is 1. The Morgan fingerprint density at radius 2 is 1.50 bits per heavy atom. The van der Waals surface area contributed by atoms with Crippen molar-refractivity contribution in [2.24, 2.45) is 0 Å². The molecule has 1 fully saturated rings. The second-order valence-electron chi connectivity index (χ2n) is 12.4. The van der Waals surface area contributed by atoms with Crippen LogP contribution in [0.2, 0.25) is 5.02 Å². The number of benzene rings is 5. The molecule has 6 heteroatoms. The maximum atomic E-state index is 13.9. The van der Waals surface area contributed by atoms with E-state index >= 15 is 0 Å². The first kappa shape index (κ1) is 31.6. The second-order valence-corrected chi connectivity index (χ2v) is 12.8. The smallest absolute Gasteiger partial charge is 0.251 e. The van der Waals surface area contributed by atoms with E-state index in [2.05, 4.69) is 46.6 Å². The van der Waals surface area contributed by atoms with Gasteiger partial charge < -0.3 is 10.1 Å². The molecule has 5 aromatic carbocycles. The molecule has 1 N–H and O–H groups in total. The van der Waals surface area contributed by atoms with Crippen LogP contribution in [-0.2, 0) is 19.6 Å². The molecule has 1 atom stereocenters. The van der Waals surface area contributed by atoms with Gasteiger partial charge in [0.15, 0.2) is 0 Å². The van der Waals surface area contributed by atoms with Crippen molar-refractivity contribution in [1.29, 1.82) is 0 Å². The quantitative estimate of drug-likeness (QED) is 0.152. The average Bonchev–Trinajstić information content (AvgIpc) is 3.65. The van der Waals surface area contributed by atoms with Crippen molar-refractivity contribution in [3.8, 4) is 16.9 Å². The average molecular weight is 652 g/mol. The molecule has 240 valence electrons. The van der Waals surface area contributed by atoms with Crippen LogP contribution in [0.15, 0.2) is 134 Å². The van der Waals surface area contributed by atoms with E-state index in [1.807, 2.05) is 91.0 Å². The maximum absolute atomic E-state index is 13.9. The largest absolute Gasteiger partial charge is 0.486 e. The minimum atomic E-state index is -0.346. The molecular formula is C42H38ClN3O2. The number of aromatic nitrogens is 1. The van der Waals surface area contributed by atoms with Crippen molar-refractivity contribution >= 4 is 28.4 Å². The third kappa shape index (κ3) is 7.44. The van der Waals surface area contributed by atoms with Crippen LogP contribution in [0.1, 0.15) is 51.5 Å². The first-order valence-corrected chi connectivity index (χ1v) is 17.0. The van der Waals surface area contributed by atoms with Crippen molar-refractivity contribution in [3.63, 3.8) is 0 Å². The lowest BCUT2D eigenvalue weighted by molar-refractivity contribution is 0.0936. The number of ether oxygens (including phenoxy) is 1. The molecule has 1 saturated heterocycles. The highest BCUT2D eigenvalue weighted by Gasteiger charge is 2.23. The summed E-state index contributed by atoms with van der Waals surface area (Å²) >= 11 is 6.88. The fourth-order valence-electron chi connectivity index (χ4n) is 6.54. The predicted octanol–water partition coefficient (Wildman–Crippen LogP) is 9.44. The van der Waals surface area contributed by atoms with Gasteiger partial charge in [0, 0.05) is 35.7 Å². The summed E-state index contributed by atoms with van der Waals surface area (Å²) in [6.07, 6.45) is 4.71. The molecule has 1 aliphatic rings. The number of hydrogen-bond donors (Lipinski definition) is 1. The Hall–Kier alpha value is -4.97. The van der Waals surface area contributed by atoms with E-state index in [0.29, 0.717) is 34.9 Å². The maximum Gasteiger partial charge on any atom is 0.251 e. The highest BCUT2D eigenvalue weighted by molar-refractivity contribution is 6.35. The molecule has 0 spiro atoms. The third-order valence-electron chi connectivity index (χ3n) is 9.04. The fraction of sp³-hybridized carbons (Fsp3) is 0.190. The summed E-state index contributed by atoms with van der Waals surface area (Å²) in [7, 11) is 0. The zero-order valence-corrected chi connectivity index (χ0v) is 27.6. The molecule has 0 radical (unpaired) electrons. The number of hydrogen-bond acceptors (Lipinski definition) is 4. The number of nitrogens with zero attached hydrogens (tertiary/aromatic N) is 2. The van der Waals surface area contributed by atoms with Crippen LogP contribution >= 0.6 is 11.6 Å². The lowest BCUT2D eigenvalue weighted by Crippen LogP contribution is -2.30. The number of likely N-dealkylation sites (tertiary alicyclic amines) is 1. The Morgan fingerprint density at radius 1 is 0.792 bits per heavy atom. The molecule has 1 aliphatic heterocycles. The van der Waals surface area contributed by atoms with Crippen molar-refractivity contribution in [2.75, 3.05) is 13.1 Å². The highest BCUT2D eigenvalue weighted by atomic mass is 35.5. The van der Waals surface area contributed by atoms with Gasteiger partial charge in [0.2, 0.25) is 0 Å². The summed E-state index contributed by atoms with van der Waals surface area (Å²) in [5.41, 5.74) is 7.70. The highest BCUT2D eigenvalue weighted by Crippen LogP contribution is 2.37. The van der Waals surface area contributed by atoms with E-state index in [0.717, 1.165) is 52.8 Å². The summed E-state index contributed by atoms with van der Waals surface area (Å²) in [6.45, 7) is 3.52. The number of pyridine rings is 1. The van der Waals surface area contributed by atoms with Crippen LogP contribution in [0.3, 0.4) is 0 Å². The molecule has 1 aromatic heterocycles. The Labute approximate surface area is 287 Å². The molecule has 7 rings (SSSR count). The molecule has 1 unspecified atom stereocenters. The van der Waals surface area contributed by atoms with Crippen LogP contribution in [0.5, 0.6) is 5.75 Å². The van der Waals surface area contributed by atoms with E-state index in [1.165, 1.54) is 18.4 Å². The van der Waals surface area contributed by atoms with Crippen LogP contribution < -0.4 is 10.1 Å². The van der Waals surface area contributed by atoms with Gasteiger partial charge in [0.25, 0.3) is 5.91 Å². The van der Waals surface area contributed by atoms with E-state index in [-0.39, 0.29) is 11.9 Å². The van der Waals surface area contributed by atoms with Gasteiger partial charge in [-0.2, -0.15) is 0 Å². The Kier molecular flexibility index (Phi) is 9.78. The molecule has 1 amide bonds. The molecular weight excluding hydrogens is 614 g/mol. The van der Waals surface area contributed by atoms with Crippen LogP contribution in [0.4, 0.5) is 0 Å². The Bertz CT molecular complexity index is 1990. The van der Waals surface area contributed by atoms with Gasteiger partial charge in [-0.3, -0.25) is 14.7 Å². The third-order valence-corrected chi connectivity index (χ3v) is 9.35. The summed E-state index contributed by atoms with van der Waals surface area (Å²) in [6, 6.07) is 42.1. The molecule has 48 heavy (non-hydrogen) atoms. The number of fused-ring (bicyclic) bond motifs is 1. The summed E-state index contributed by atoms with van der Waals surface area (Å²) < 4.78 is 6.54. The normalized spacial score (nSPS) is 13.8. The zero-order chi connectivity index (χ0) is 32.7.